The van der Waals surface area contributed by atoms with Gasteiger partial charge >= 0.3 is 0 Å². The molecule has 0 aliphatic carbocycles. The lowest BCUT2D eigenvalue weighted by molar-refractivity contribution is -0.116. The number of methoxy groups -OCH3 is 1. The fourth-order valence-corrected chi connectivity index (χ4v) is 2.71. The Kier molecular flexibility index (Phi) is 6.89. The molecule has 1 aromatic carbocycles. The zero-order valence-electron chi connectivity index (χ0n) is 11.6. The number of nitrogens with one attached hydrogen (secondary N) is 1. The highest BCUT2D eigenvalue weighted by atomic mass is 35.5. The molecule has 0 spiro atoms. The summed E-state index contributed by atoms with van der Waals surface area (Å²) in [7, 11) is -2.05. The maximum Gasteiger partial charge on any atom is 0.239 e. The third-order valence-corrected chi connectivity index (χ3v) is 4.34. The number of amides is 1. The van der Waals surface area contributed by atoms with E-state index in [-0.39, 0.29) is 24.7 Å². The molecule has 0 aliphatic heterocycles. The average Bonchev–Trinajstić information content (AvgIpc) is 2.36. The molecule has 21 heavy (non-hydrogen) atoms. The Morgan fingerprint density at radius 2 is 2.05 bits per heavy atom. The van der Waals surface area contributed by atoms with E-state index >= 15 is 0 Å². The predicted octanol–water partition coefficient (Wildman–Crippen LogP) is 1.84. The fraction of sp³-hybridized carbons (Fsp3) is 0.417. The highest BCUT2D eigenvalue weighted by molar-refractivity contribution is 7.88. The van der Waals surface area contributed by atoms with Gasteiger partial charge in [-0.25, -0.2) is 8.42 Å². The van der Waals surface area contributed by atoms with E-state index in [1.54, 1.807) is 12.1 Å². The van der Waals surface area contributed by atoms with Crippen LogP contribution in [0.5, 0.6) is 0 Å². The smallest absolute Gasteiger partial charge is 0.239 e. The van der Waals surface area contributed by atoms with Crippen LogP contribution < -0.4 is 5.32 Å². The number of halogens is 2. The van der Waals surface area contributed by atoms with Crippen LogP contribution in [0.25, 0.3) is 0 Å². The summed E-state index contributed by atoms with van der Waals surface area (Å²) in [4.78, 5) is 11.9. The van der Waals surface area contributed by atoms with Crippen molar-refractivity contribution in [1.82, 2.24) is 4.31 Å². The second-order valence-corrected chi connectivity index (χ2v) is 7.09. The molecule has 0 saturated carbocycles. The number of hydrogen-bond donors (Lipinski definition) is 1. The summed E-state index contributed by atoms with van der Waals surface area (Å²) >= 11 is 11.7. The van der Waals surface area contributed by atoms with Gasteiger partial charge in [-0.3, -0.25) is 4.79 Å². The van der Waals surface area contributed by atoms with Crippen LogP contribution in [-0.4, -0.2) is 51.7 Å². The first-order valence-corrected chi connectivity index (χ1v) is 8.53. The van der Waals surface area contributed by atoms with Gasteiger partial charge < -0.3 is 10.1 Å². The van der Waals surface area contributed by atoms with Crippen LogP contribution in [0.15, 0.2) is 18.2 Å². The molecule has 1 aromatic rings. The summed E-state index contributed by atoms with van der Waals surface area (Å²) in [5.41, 5.74) is 0.367. The number of sulfonamides is 1. The minimum absolute atomic E-state index is 0.0943. The SMILES string of the molecule is COCCN(CC(=O)Nc1ccc(Cl)cc1Cl)S(C)(=O)=O. The fourth-order valence-electron chi connectivity index (χ4n) is 1.50. The minimum Gasteiger partial charge on any atom is -0.383 e. The molecule has 0 radical (unpaired) electrons. The molecular weight excluding hydrogens is 339 g/mol. The highest BCUT2D eigenvalue weighted by Crippen LogP contribution is 2.25. The van der Waals surface area contributed by atoms with Gasteiger partial charge in [0.05, 0.1) is 30.1 Å². The second kappa shape index (κ2) is 7.95. The molecule has 0 aliphatic rings. The predicted molar refractivity (Wildman–Crippen MR) is 83.4 cm³/mol. The van der Waals surface area contributed by atoms with E-state index in [0.717, 1.165) is 10.6 Å². The van der Waals surface area contributed by atoms with Crippen LogP contribution in [0.2, 0.25) is 10.0 Å². The Morgan fingerprint density at radius 3 is 2.57 bits per heavy atom. The van der Waals surface area contributed by atoms with Crippen molar-refractivity contribution in [2.24, 2.45) is 0 Å². The van der Waals surface area contributed by atoms with Gasteiger partial charge in [-0.05, 0) is 18.2 Å². The molecule has 0 unspecified atom stereocenters. The number of ether oxygens (including phenoxy) is 1. The van der Waals surface area contributed by atoms with Crippen molar-refractivity contribution in [3.05, 3.63) is 28.2 Å². The zero-order chi connectivity index (χ0) is 16.0. The maximum absolute atomic E-state index is 11.9. The van der Waals surface area contributed by atoms with Crippen LogP contribution >= 0.6 is 23.2 Å². The van der Waals surface area contributed by atoms with Gasteiger partial charge in [0.25, 0.3) is 0 Å². The van der Waals surface area contributed by atoms with E-state index in [1.165, 1.54) is 13.2 Å². The molecule has 6 nitrogen and oxygen atoms in total. The first-order chi connectivity index (χ1) is 9.74. The van der Waals surface area contributed by atoms with E-state index in [4.69, 9.17) is 27.9 Å². The summed E-state index contributed by atoms with van der Waals surface area (Å²) in [6, 6.07) is 4.60. The van der Waals surface area contributed by atoms with E-state index in [9.17, 15) is 13.2 Å². The van der Waals surface area contributed by atoms with Crippen LogP contribution in [0, 0.1) is 0 Å². The van der Waals surface area contributed by atoms with Crippen molar-refractivity contribution in [2.75, 3.05) is 38.4 Å². The molecule has 0 fully saturated rings. The number of carbonyl (C=O) groups is 1. The molecule has 118 valence electrons. The lowest BCUT2D eigenvalue weighted by atomic mass is 10.3. The standard InChI is InChI=1S/C12H16Cl2N2O4S/c1-20-6-5-16(21(2,18)19)8-12(17)15-11-4-3-9(13)7-10(11)14/h3-4,7H,5-6,8H2,1-2H3,(H,15,17). The Bertz CT molecular complexity index is 607. The Labute approximate surface area is 134 Å². The average molecular weight is 355 g/mol. The number of nitrogens with zero attached hydrogens (tertiary/aromatic N) is 1. The molecule has 0 atom stereocenters. The number of hydrogen-bond acceptors (Lipinski definition) is 4. The van der Waals surface area contributed by atoms with E-state index in [0.29, 0.717) is 10.7 Å². The molecule has 0 aromatic heterocycles. The van der Waals surface area contributed by atoms with Crippen molar-refractivity contribution in [2.45, 2.75) is 0 Å². The summed E-state index contributed by atoms with van der Waals surface area (Å²) in [5.74, 6) is -0.499. The quantitative estimate of drug-likeness (QED) is 0.810. The van der Waals surface area contributed by atoms with E-state index < -0.39 is 15.9 Å². The Hall–Kier alpha value is -0.860. The van der Waals surface area contributed by atoms with Gasteiger partial charge in [0.1, 0.15) is 0 Å². The van der Waals surface area contributed by atoms with Crippen molar-refractivity contribution >= 4 is 44.8 Å². The third-order valence-electron chi connectivity index (χ3n) is 2.54. The highest BCUT2D eigenvalue weighted by Gasteiger charge is 2.20. The van der Waals surface area contributed by atoms with Gasteiger partial charge in [0, 0.05) is 18.7 Å². The molecular formula is C12H16Cl2N2O4S. The first kappa shape index (κ1) is 18.2. The molecule has 0 heterocycles. The molecule has 1 N–H and O–H groups in total. The summed E-state index contributed by atoms with van der Waals surface area (Å²) < 4.78 is 29.0. The van der Waals surface area contributed by atoms with Gasteiger partial charge in [-0.1, -0.05) is 23.2 Å². The summed E-state index contributed by atoms with van der Waals surface area (Å²) in [5, 5.41) is 3.26. The molecule has 1 amide bonds. The number of anilines is 1. The van der Waals surface area contributed by atoms with Gasteiger partial charge in [0.2, 0.25) is 15.9 Å². The molecule has 1 rings (SSSR count). The van der Waals surface area contributed by atoms with Crippen LogP contribution in [0.3, 0.4) is 0 Å². The molecule has 0 saturated heterocycles. The number of carbonyl (C=O) groups excluding carboxylic acids is 1. The van der Waals surface area contributed by atoms with E-state index in [1.807, 2.05) is 0 Å². The first-order valence-electron chi connectivity index (χ1n) is 5.93. The van der Waals surface area contributed by atoms with E-state index in [2.05, 4.69) is 5.32 Å². The monoisotopic (exact) mass is 354 g/mol. The number of benzene rings is 1. The normalized spacial score (nSPS) is 11.7. The zero-order valence-corrected chi connectivity index (χ0v) is 13.9. The lowest BCUT2D eigenvalue weighted by Gasteiger charge is -2.19. The lowest BCUT2D eigenvalue weighted by Crippen LogP contribution is -2.39. The van der Waals surface area contributed by atoms with Crippen LogP contribution in [0.4, 0.5) is 5.69 Å². The van der Waals surface area contributed by atoms with Crippen molar-refractivity contribution in [3.63, 3.8) is 0 Å². The summed E-state index contributed by atoms with van der Waals surface area (Å²) in [6.45, 7) is -0.0275. The van der Waals surface area contributed by atoms with Crippen LogP contribution in [0.1, 0.15) is 0 Å². The third kappa shape index (κ3) is 6.19. The van der Waals surface area contributed by atoms with Crippen molar-refractivity contribution in [3.8, 4) is 0 Å². The topological polar surface area (TPSA) is 75.7 Å². The Morgan fingerprint density at radius 1 is 1.38 bits per heavy atom. The van der Waals surface area contributed by atoms with Crippen molar-refractivity contribution in [1.29, 1.82) is 0 Å². The van der Waals surface area contributed by atoms with Gasteiger partial charge in [0.15, 0.2) is 0 Å². The summed E-state index contributed by atoms with van der Waals surface area (Å²) in [6.07, 6.45) is 1.03. The second-order valence-electron chi connectivity index (χ2n) is 4.26. The molecule has 9 heteroatoms. The van der Waals surface area contributed by atoms with Crippen LogP contribution in [-0.2, 0) is 19.6 Å². The Balaban J connectivity index is 2.74. The van der Waals surface area contributed by atoms with Gasteiger partial charge in [-0.2, -0.15) is 4.31 Å². The minimum atomic E-state index is -3.50. The molecule has 0 bridgehead atoms. The van der Waals surface area contributed by atoms with Crippen molar-refractivity contribution < 1.29 is 17.9 Å². The maximum atomic E-state index is 11.9. The largest absolute Gasteiger partial charge is 0.383 e. The number of rotatable bonds is 7. The van der Waals surface area contributed by atoms with Gasteiger partial charge in [-0.15, -0.1) is 0 Å².